The van der Waals surface area contributed by atoms with Crippen LogP contribution in [0.3, 0.4) is 0 Å². The minimum absolute atomic E-state index is 0.0752. The van der Waals surface area contributed by atoms with Crippen LogP contribution in [-0.4, -0.2) is 29.8 Å². The van der Waals surface area contributed by atoms with Crippen molar-refractivity contribution in [1.82, 2.24) is 4.90 Å². The maximum atomic E-state index is 12.8. The maximum absolute atomic E-state index is 12.8. The van der Waals surface area contributed by atoms with Gasteiger partial charge in [-0.1, -0.05) is 45.2 Å². The van der Waals surface area contributed by atoms with E-state index in [4.69, 9.17) is 32.7 Å². The molecule has 1 aliphatic rings. The van der Waals surface area contributed by atoms with E-state index < -0.39 is 0 Å². The number of halogens is 3. The number of amides is 2. The normalized spacial score (nSPS) is 15.3. The summed E-state index contributed by atoms with van der Waals surface area (Å²) in [4.78, 5) is 26.7. The van der Waals surface area contributed by atoms with Gasteiger partial charge >= 0.3 is 0 Å². The van der Waals surface area contributed by atoms with Gasteiger partial charge in [-0.3, -0.25) is 14.5 Å². The van der Waals surface area contributed by atoms with Gasteiger partial charge in [0.05, 0.1) is 25.2 Å². The van der Waals surface area contributed by atoms with Crippen molar-refractivity contribution >= 4 is 68.1 Å². The molecule has 1 fully saturated rings. The van der Waals surface area contributed by atoms with Gasteiger partial charge in [0.1, 0.15) is 0 Å². The lowest BCUT2D eigenvalue weighted by Gasteiger charge is -2.14. The van der Waals surface area contributed by atoms with Crippen molar-refractivity contribution in [3.8, 4) is 11.5 Å². The van der Waals surface area contributed by atoms with Gasteiger partial charge in [-0.2, -0.15) is 0 Å². The van der Waals surface area contributed by atoms with Gasteiger partial charge in [0.25, 0.3) is 11.1 Å². The fraction of sp³-hybridized carbons (Fsp3) is 0.200. The van der Waals surface area contributed by atoms with E-state index in [9.17, 15) is 9.59 Å². The molecule has 152 valence electrons. The van der Waals surface area contributed by atoms with Gasteiger partial charge in [-0.15, -0.1) is 0 Å². The second-order valence-electron chi connectivity index (χ2n) is 5.96. The Balaban J connectivity index is 1.88. The molecule has 0 bridgehead atoms. The first kappa shape index (κ1) is 22.0. The average Bonchev–Trinajstić information content (AvgIpc) is 2.93. The van der Waals surface area contributed by atoms with Crippen LogP contribution in [0.1, 0.15) is 18.1 Å². The van der Waals surface area contributed by atoms with Crippen molar-refractivity contribution in [2.45, 2.75) is 13.5 Å². The molecule has 1 aliphatic heterocycles. The van der Waals surface area contributed by atoms with Crippen LogP contribution in [0.5, 0.6) is 11.5 Å². The van der Waals surface area contributed by atoms with E-state index in [1.165, 1.54) is 0 Å². The van der Waals surface area contributed by atoms with Crippen LogP contribution in [-0.2, 0) is 11.3 Å². The molecule has 0 saturated carbocycles. The minimum atomic E-state index is -0.384. The second kappa shape index (κ2) is 9.43. The van der Waals surface area contributed by atoms with Gasteiger partial charge in [0.15, 0.2) is 11.5 Å². The predicted molar refractivity (Wildman–Crippen MR) is 120 cm³/mol. The summed E-state index contributed by atoms with van der Waals surface area (Å²) in [5, 5.41) is 0.530. The lowest BCUT2D eigenvalue weighted by molar-refractivity contribution is -0.123. The standard InChI is InChI=1S/C20H16BrCl2NO4S/c1-3-28-17-9-14(21)12(6-16(17)27-2)7-18-19(25)24(20(26)29-18)10-11-4-5-13(22)8-15(11)23/h4-9H,3,10H2,1-2H3/b18-7-. The van der Waals surface area contributed by atoms with Crippen molar-refractivity contribution in [3.63, 3.8) is 0 Å². The molecule has 5 nitrogen and oxygen atoms in total. The third-order valence-electron chi connectivity index (χ3n) is 4.09. The molecule has 29 heavy (non-hydrogen) atoms. The molecule has 0 aromatic heterocycles. The first-order chi connectivity index (χ1) is 13.8. The Kier molecular flexibility index (Phi) is 7.16. The van der Waals surface area contributed by atoms with Crippen LogP contribution < -0.4 is 9.47 Å². The van der Waals surface area contributed by atoms with E-state index in [0.29, 0.717) is 48.7 Å². The van der Waals surface area contributed by atoms with Crippen LogP contribution in [0.4, 0.5) is 4.79 Å². The lowest BCUT2D eigenvalue weighted by atomic mass is 10.1. The number of carbonyl (C=O) groups excluding carboxylic acids is 2. The molecule has 0 atom stereocenters. The zero-order chi connectivity index (χ0) is 21.1. The van der Waals surface area contributed by atoms with Crippen LogP contribution in [0.15, 0.2) is 39.7 Å². The number of ether oxygens (including phenoxy) is 2. The molecule has 1 heterocycles. The molecule has 3 rings (SSSR count). The summed E-state index contributed by atoms with van der Waals surface area (Å²) in [7, 11) is 1.54. The average molecular weight is 517 g/mol. The topological polar surface area (TPSA) is 55.8 Å². The molecule has 2 aromatic rings. The zero-order valence-electron chi connectivity index (χ0n) is 15.5. The number of thioether (sulfide) groups is 1. The SMILES string of the molecule is CCOc1cc(Br)c(/C=C2\SC(=O)N(Cc3ccc(Cl)cc3Cl)C2=O)cc1OC. The van der Waals surface area contributed by atoms with E-state index >= 15 is 0 Å². The van der Waals surface area contributed by atoms with Gasteiger partial charge in [-0.25, -0.2) is 0 Å². The number of rotatable bonds is 6. The van der Waals surface area contributed by atoms with E-state index in [2.05, 4.69) is 15.9 Å². The smallest absolute Gasteiger partial charge is 0.293 e. The van der Waals surface area contributed by atoms with Gasteiger partial charge < -0.3 is 9.47 Å². The molecule has 0 unspecified atom stereocenters. The van der Waals surface area contributed by atoms with E-state index in [1.807, 2.05) is 6.92 Å². The number of carbonyl (C=O) groups is 2. The summed E-state index contributed by atoms with van der Waals surface area (Å²) in [5.41, 5.74) is 1.34. The number of hydrogen-bond acceptors (Lipinski definition) is 5. The third-order valence-corrected chi connectivity index (χ3v) is 6.27. The number of nitrogens with zero attached hydrogens (tertiary/aromatic N) is 1. The first-order valence-electron chi connectivity index (χ1n) is 8.53. The summed E-state index contributed by atoms with van der Waals surface area (Å²) in [6, 6.07) is 8.47. The highest BCUT2D eigenvalue weighted by Gasteiger charge is 2.35. The summed E-state index contributed by atoms with van der Waals surface area (Å²) in [5.74, 6) is 0.740. The predicted octanol–water partition coefficient (Wildman–Crippen LogP) is 6.40. The molecule has 2 aromatic carbocycles. The zero-order valence-corrected chi connectivity index (χ0v) is 19.4. The minimum Gasteiger partial charge on any atom is -0.493 e. The molecule has 0 radical (unpaired) electrons. The first-order valence-corrected chi connectivity index (χ1v) is 10.9. The van der Waals surface area contributed by atoms with E-state index in [-0.39, 0.29) is 17.7 Å². The number of hydrogen-bond donors (Lipinski definition) is 0. The third kappa shape index (κ3) is 4.91. The van der Waals surface area contributed by atoms with Crippen molar-refractivity contribution in [1.29, 1.82) is 0 Å². The van der Waals surface area contributed by atoms with Crippen molar-refractivity contribution in [2.75, 3.05) is 13.7 Å². The Morgan fingerprint density at radius 3 is 2.59 bits per heavy atom. The quantitative estimate of drug-likeness (QED) is 0.416. The second-order valence-corrected chi connectivity index (χ2v) is 8.65. The Hall–Kier alpha value is -1.67. The highest BCUT2D eigenvalue weighted by atomic mass is 79.9. The van der Waals surface area contributed by atoms with Crippen molar-refractivity contribution in [3.05, 3.63) is 60.9 Å². The lowest BCUT2D eigenvalue weighted by Crippen LogP contribution is -2.27. The Morgan fingerprint density at radius 2 is 1.93 bits per heavy atom. The molecular formula is C20H16BrCl2NO4S. The van der Waals surface area contributed by atoms with Crippen LogP contribution in [0.25, 0.3) is 6.08 Å². The van der Waals surface area contributed by atoms with E-state index in [1.54, 1.807) is 43.5 Å². The molecule has 0 aliphatic carbocycles. The summed E-state index contributed by atoms with van der Waals surface area (Å²) < 4.78 is 11.6. The van der Waals surface area contributed by atoms with Gasteiger partial charge in [0, 0.05) is 14.5 Å². The molecule has 0 spiro atoms. The fourth-order valence-electron chi connectivity index (χ4n) is 2.69. The highest BCUT2D eigenvalue weighted by Crippen LogP contribution is 2.38. The number of imide groups is 1. The Morgan fingerprint density at radius 1 is 1.17 bits per heavy atom. The molecule has 0 N–H and O–H groups in total. The van der Waals surface area contributed by atoms with Crippen LogP contribution >= 0.6 is 50.9 Å². The molecule has 1 saturated heterocycles. The maximum Gasteiger partial charge on any atom is 0.293 e. The summed E-state index contributed by atoms with van der Waals surface area (Å²) >= 11 is 16.4. The van der Waals surface area contributed by atoms with Crippen LogP contribution in [0, 0.1) is 0 Å². The monoisotopic (exact) mass is 515 g/mol. The fourth-order valence-corrected chi connectivity index (χ4v) is 4.42. The number of benzene rings is 2. The Labute approximate surface area is 191 Å². The van der Waals surface area contributed by atoms with Gasteiger partial charge in [-0.05, 0) is 60.2 Å². The van der Waals surface area contributed by atoms with E-state index in [0.717, 1.165) is 16.7 Å². The van der Waals surface area contributed by atoms with Crippen molar-refractivity contribution < 1.29 is 19.1 Å². The molecular weight excluding hydrogens is 501 g/mol. The molecule has 2 amide bonds. The summed E-state index contributed by atoms with van der Waals surface area (Å²) in [6.07, 6.45) is 1.65. The summed E-state index contributed by atoms with van der Waals surface area (Å²) in [6.45, 7) is 2.45. The molecule has 9 heteroatoms. The largest absolute Gasteiger partial charge is 0.493 e. The highest BCUT2D eigenvalue weighted by molar-refractivity contribution is 9.10. The Bertz CT molecular complexity index is 1010. The number of methoxy groups -OCH3 is 1. The van der Waals surface area contributed by atoms with Gasteiger partial charge in [0.2, 0.25) is 0 Å². The van der Waals surface area contributed by atoms with Crippen molar-refractivity contribution in [2.24, 2.45) is 0 Å². The van der Waals surface area contributed by atoms with Crippen LogP contribution in [0.2, 0.25) is 10.0 Å².